The van der Waals surface area contributed by atoms with E-state index in [4.69, 9.17) is 4.74 Å². The van der Waals surface area contributed by atoms with Crippen molar-refractivity contribution >= 4 is 0 Å². The average Bonchev–Trinajstić information content (AvgIpc) is 2.82. The van der Waals surface area contributed by atoms with Crippen molar-refractivity contribution < 1.29 is 14.9 Å². The zero-order valence-electron chi connectivity index (χ0n) is 13.1. The molecule has 0 aromatic rings. The van der Waals surface area contributed by atoms with Gasteiger partial charge in [0, 0.05) is 6.42 Å². The number of hydrogen-bond donors (Lipinski definition) is 2. The van der Waals surface area contributed by atoms with E-state index in [-0.39, 0.29) is 6.10 Å². The molecule has 1 saturated carbocycles. The molecule has 20 heavy (non-hydrogen) atoms. The lowest BCUT2D eigenvalue weighted by Crippen LogP contribution is -2.22. The van der Waals surface area contributed by atoms with Crippen LogP contribution in [0.3, 0.4) is 0 Å². The van der Waals surface area contributed by atoms with Crippen LogP contribution < -0.4 is 0 Å². The van der Waals surface area contributed by atoms with E-state index in [0.29, 0.717) is 17.8 Å². The van der Waals surface area contributed by atoms with Gasteiger partial charge in [-0.2, -0.15) is 0 Å². The molecule has 2 fully saturated rings. The summed E-state index contributed by atoms with van der Waals surface area (Å²) in [5, 5.41) is 20.0. The van der Waals surface area contributed by atoms with Crippen molar-refractivity contribution in [2.75, 3.05) is 0 Å². The molecule has 0 bridgehead atoms. The summed E-state index contributed by atoms with van der Waals surface area (Å²) < 4.78 is 5.56. The molecule has 1 aliphatic carbocycles. The summed E-state index contributed by atoms with van der Waals surface area (Å²) in [5.74, 6) is 1.41. The van der Waals surface area contributed by atoms with Crippen molar-refractivity contribution in [3.63, 3.8) is 0 Å². The van der Waals surface area contributed by atoms with Gasteiger partial charge < -0.3 is 14.9 Å². The van der Waals surface area contributed by atoms with E-state index >= 15 is 0 Å². The third kappa shape index (κ3) is 3.84. The zero-order chi connectivity index (χ0) is 14.8. The predicted molar refractivity (Wildman–Crippen MR) is 80.2 cm³/mol. The molecule has 1 saturated heterocycles. The lowest BCUT2D eigenvalue weighted by Gasteiger charge is -2.22. The van der Waals surface area contributed by atoms with Gasteiger partial charge in [0.15, 0.2) is 6.29 Å². The number of allylic oxidation sites excluding steroid dienone is 1. The minimum atomic E-state index is -0.703. The summed E-state index contributed by atoms with van der Waals surface area (Å²) in [5.41, 5.74) is -0.703. The first-order chi connectivity index (χ1) is 9.43. The lowest BCUT2D eigenvalue weighted by molar-refractivity contribution is -0.0922. The number of unbranched alkanes of at least 4 members (excludes halogenated alkanes) is 2. The maximum Gasteiger partial charge on any atom is 0.155 e. The molecule has 3 nitrogen and oxygen atoms in total. The largest absolute Gasteiger partial charge is 0.386 e. The SMILES string of the molecule is CCCCC[C@](C)(O)/C=C/[C@@H]1[C@H]2CC(O)O[C@H]2C[C@H]1C. The van der Waals surface area contributed by atoms with Crippen molar-refractivity contribution in [3.8, 4) is 0 Å². The van der Waals surface area contributed by atoms with Gasteiger partial charge >= 0.3 is 0 Å². The third-order valence-electron chi connectivity index (χ3n) is 5.00. The number of aliphatic hydroxyl groups excluding tert-OH is 1. The molecule has 1 unspecified atom stereocenters. The highest BCUT2D eigenvalue weighted by Gasteiger charge is 2.46. The Morgan fingerprint density at radius 2 is 2.05 bits per heavy atom. The molecule has 1 heterocycles. The first kappa shape index (κ1) is 16.0. The van der Waals surface area contributed by atoms with Crippen molar-refractivity contribution in [2.45, 2.75) is 77.3 Å². The second-order valence-corrected chi connectivity index (χ2v) is 6.99. The summed E-state index contributed by atoms with van der Waals surface area (Å²) in [4.78, 5) is 0. The van der Waals surface area contributed by atoms with Crippen LogP contribution in [0.25, 0.3) is 0 Å². The van der Waals surface area contributed by atoms with Gasteiger partial charge in [0.2, 0.25) is 0 Å². The second-order valence-electron chi connectivity index (χ2n) is 6.99. The van der Waals surface area contributed by atoms with E-state index in [1.165, 1.54) is 12.8 Å². The van der Waals surface area contributed by atoms with Crippen LogP contribution in [-0.2, 0) is 4.74 Å². The molecule has 0 aromatic carbocycles. The van der Waals surface area contributed by atoms with E-state index in [9.17, 15) is 10.2 Å². The Morgan fingerprint density at radius 1 is 1.30 bits per heavy atom. The molecule has 0 amide bonds. The molecular formula is C17H30O3. The van der Waals surface area contributed by atoms with E-state index in [0.717, 1.165) is 25.7 Å². The maximum absolute atomic E-state index is 10.4. The Hall–Kier alpha value is -0.380. The van der Waals surface area contributed by atoms with Crippen LogP contribution in [0.2, 0.25) is 0 Å². The smallest absolute Gasteiger partial charge is 0.155 e. The molecule has 0 spiro atoms. The van der Waals surface area contributed by atoms with Crippen molar-refractivity contribution in [3.05, 3.63) is 12.2 Å². The summed E-state index contributed by atoms with van der Waals surface area (Å²) >= 11 is 0. The van der Waals surface area contributed by atoms with Crippen LogP contribution in [-0.4, -0.2) is 28.2 Å². The molecule has 3 heteroatoms. The van der Waals surface area contributed by atoms with Crippen LogP contribution in [0, 0.1) is 17.8 Å². The Bertz CT molecular complexity index is 337. The maximum atomic E-state index is 10.4. The normalized spacial score (nSPS) is 40.1. The van der Waals surface area contributed by atoms with E-state index in [1.54, 1.807) is 0 Å². The molecule has 0 aromatic heterocycles. The van der Waals surface area contributed by atoms with Crippen molar-refractivity contribution in [1.82, 2.24) is 0 Å². The average molecular weight is 282 g/mol. The summed E-state index contributed by atoms with van der Waals surface area (Å²) in [6.07, 6.45) is 9.80. The van der Waals surface area contributed by atoms with Gasteiger partial charge in [-0.3, -0.25) is 0 Å². The highest BCUT2D eigenvalue weighted by atomic mass is 16.6. The van der Waals surface area contributed by atoms with Gasteiger partial charge in [0.05, 0.1) is 11.7 Å². The highest BCUT2D eigenvalue weighted by Crippen LogP contribution is 2.46. The standard InChI is InChI=1S/C17H30O3/c1-4-5-6-8-17(3,19)9-7-13-12(2)10-15-14(13)11-16(18)20-15/h7,9,12-16,18-19H,4-6,8,10-11H2,1-3H3/b9-7+/t12-,13+,14-,15+,16?,17+/m1/s1. The molecule has 1 aliphatic heterocycles. The second kappa shape index (κ2) is 6.59. The molecule has 2 aliphatic rings. The minimum absolute atomic E-state index is 0.208. The van der Waals surface area contributed by atoms with Gasteiger partial charge in [-0.1, -0.05) is 45.3 Å². The molecule has 2 N–H and O–H groups in total. The van der Waals surface area contributed by atoms with Gasteiger partial charge in [-0.25, -0.2) is 0 Å². The van der Waals surface area contributed by atoms with Gasteiger partial charge in [0.1, 0.15) is 0 Å². The lowest BCUT2D eigenvalue weighted by atomic mass is 9.86. The zero-order valence-corrected chi connectivity index (χ0v) is 13.1. The Balaban J connectivity index is 1.92. The van der Waals surface area contributed by atoms with Crippen molar-refractivity contribution in [1.29, 1.82) is 0 Å². The molecule has 0 radical (unpaired) electrons. The highest BCUT2D eigenvalue weighted by molar-refractivity contribution is 5.08. The fraction of sp³-hybridized carbons (Fsp3) is 0.882. The van der Waals surface area contributed by atoms with Crippen LogP contribution in [0.15, 0.2) is 12.2 Å². The fourth-order valence-electron chi connectivity index (χ4n) is 3.79. The Kier molecular flexibility index (Phi) is 5.27. The van der Waals surface area contributed by atoms with E-state index < -0.39 is 11.9 Å². The van der Waals surface area contributed by atoms with E-state index in [1.807, 2.05) is 13.0 Å². The Morgan fingerprint density at radius 3 is 2.75 bits per heavy atom. The fourth-order valence-corrected chi connectivity index (χ4v) is 3.79. The first-order valence-electron chi connectivity index (χ1n) is 8.18. The summed E-state index contributed by atoms with van der Waals surface area (Å²) in [6, 6.07) is 0. The first-order valence-corrected chi connectivity index (χ1v) is 8.18. The van der Waals surface area contributed by atoms with Crippen LogP contribution in [0.4, 0.5) is 0 Å². The summed E-state index contributed by atoms with van der Waals surface area (Å²) in [6.45, 7) is 6.32. The molecular weight excluding hydrogens is 252 g/mol. The van der Waals surface area contributed by atoms with Gasteiger partial charge in [-0.05, 0) is 37.5 Å². The number of rotatable bonds is 6. The number of hydrogen-bond acceptors (Lipinski definition) is 3. The number of ether oxygens (including phenoxy) is 1. The minimum Gasteiger partial charge on any atom is -0.386 e. The number of fused-ring (bicyclic) bond motifs is 1. The topological polar surface area (TPSA) is 49.7 Å². The van der Waals surface area contributed by atoms with Gasteiger partial charge in [0.25, 0.3) is 0 Å². The third-order valence-corrected chi connectivity index (χ3v) is 5.00. The van der Waals surface area contributed by atoms with Crippen LogP contribution in [0.1, 0.15) is 59.3 Å². The molecule has 2 rings (SSSR count). The number of aliphatic hydroxyl groups is 2. The van der Waals surface area contributed by atoms with Gasteiger partial charge in [-0.15, -0.1) is 0 Å². The van der Waals surface area contributed by atoms with Crippen molar-refractivity contribution in [2.24, 2.45) is 17.8 Å². The molecule has 6 atom stereocenters. The Labute approximate surface area is 123 Å². The quantitative estimate of drug-likeness (QED) is 0.581. The predicted octanol–water partition coefficient (Wildman–Crippen LogP) is 3.25. The molecule has 116 valence electrons. The van der Waals surface area contributed by atoms with Crippen LogP contribution >= 0.6 is 0 Å². The monoisotopic (exact) mass is 282 g/mol. The summed E-state index contributed by atoms with van der Waals surface area (Å²) in [7, 11) is 0. The van der Waals surface area contributed by atoms with Crippen LogP contribution in [0.5, 0.6) is 0 Å². The van der Waals surface area contributed by atoms with E-state index in [2.05, 4.69) is 19.9 Å².